The van der Waals surface area contributed by atoms with Crippen molar-refractivity contribution in [2.24, 2.45) is 0 Å². The number of Topliss-reactive ketones (excluding diaryl/α,β-unsaturated/α-hetero) is 1. The SMILES string of the molecule is Cc1cc(C(=O)CCc2ccc(C(=N)N(C)C)cc2F)n(-c2ccc3cc(Cl)ccc3c2)n1. The Hall–Kier alpha value is -3.51. The molecule has 0 saturated carbocycles. The van der Waals surface area contributed by atoms with E-state index in [2.05, 4.69) is 5.10 Å². The van der Waals surface area contributed by atoms with Crippen LogP contribution in [0.4, 0.5) is 4.39 Å². The molecule has 0 fully saturated rings. The van der Waals surface area contributed by atoms with Crippen LogP contribution in [-0.2, 0) is 6.42 Å². The molecular weight excluding hydrogens is 439 g/mol. The van der Waals surface area contributed by atoms with Gasteiger partial charge in [-0.25, -0.2) is 9.07 Å². The number of rotatable bonds is 6. The van der Waals surface area contributed by atoms with E-state index in [1.807, 2.05) is 43.3 Å². The predicted molar refractivity (Wildman–Crippen MR) is 130 cm³/mol. The molecule has 0 bridgehead atoms. The number of hydrogen-bond acceptors (Lipinski definition) is 3. The van der Waals surface area contributed by atoms with Gasteiger partial charge in [-0.15, -0.1) is 0 Å². The quantitative estimate of drug-likeness (QED) is 0.223. The number of carbonyl (C=O) groups excluding carboxylic acids is 1. The van der Waals surface area contributed by atoms with Crippen LogP contribution < -0.4 is 0 Å². The second-order valence-electron chi connectivity index (χ2n) is 8.23. The van der Waals surface area contributed by atoms with Gasteiger partial charge in [0.05, 0.1) is 11.4 Å². The van der Waals surface area contributed by atoms with E-state index in [9.17, 15) is 9.18 Å². The Kier molecular flexibility index (Phi) is 6.29. The average molecular weight is 463 g/mol. The van der Waals surface area contributed by atoms with E-state index >= 15 is 0 Å². The first-order chi connectivity index (χ1) is 15.7. The number of benzene rings is 3. The van der Waals surface area contributed by atoms with Crippen LogP contribution in [-0.4, -0.2) is 40.4 Å². The van der Waals surface area contributed by atoms with Crippen LogP contribution in [0.1, 0.15) is 33.7 Å². The molecule has 0 aliphatic rings. The van der Waals surface area contributed by atoms with E-state index in [0.29, 0.717) is 21.8 Å². The summed E-state index contributed by atoms with van der Waals surface area (Å²) in [6, 6.07) is 17.9. The van der Waals surface area contributed by atoms with Crippen molar-refractivity contribution in [3.8, 4) is 5.69 Å². The van der Waals surface area contributed by atoms with E-state index in [-0.39, 0.29) is 24.5 Å². The van der Waals surface area contributed by atoms with Crippen LogP contribution in [0.15, 0.2) is 60.7 Å². The molecule has 4 rings (SSSR count). The molecule has 0 radical (unpaired) electrons. The molecule has 0 aliphatic heterocycles. The number of fused-ring (bicyclic) bond motifs is 1. The van der Waals surface area contributed by atoms with Crippen molar-refractivity contribution in [3.05, 3.63) is 94.0 Å². The highest BCUT2D eigenvalue weighted by Crippen LogP contribution is 2.24. The average Bonchev–Trinajstić information content (AvgIpc) is 3.18. The normalized spacial score (nSPS) is 11.1. The maximum Gasteiger partial charge on any atom is 0.181 e. The number of ketones is 1. The van der Waals surface area contributed by atoms with E-state index < -0.39 is 5.82 Å². The lowest BCUT2D eigenvalue weighted by atomic mass is 10.0. The molecule has 0 saturated heterocycles. The monoisotopic (exact) mass is 462 g/mol. The number of halogens is 2. The highest BCUT2D eigenvalue weighted by molar-refractivity contribution is 6.31. The molecule has 168 valence electrons. The van der Waals surface area contributed by atoms with Gasteiger partial charge in [0.15, 0.2) is 5.78 Å². The van der Waals surface area contributed by atoms with Crippen molar-refractivity contribution >= 4 is 34.0 Å². The number of carbonyl (C=O) groups is 1. The number of hydrogen-bond donors (Lipinski definition) is 1. The van der Waals surface area contributed by atoms with Gasteiger partial charge in [0.1, 0.15) is 17.3 Å². The molecule has 0 amide bonds. The summed E-state index contributed by atoms with van der Waals surface area (Å²) in [5, 5.41) is 15.2. The maximum absolute atomic E-state index is 14.6. The Morgan fingerprint density at radius 2 is 1.79 bits per heavy atom. The fourth-order valence-electron chi connectivity index (χ4n) is 3.76. The molecule has 1 N–H and O–H groups in total. The standard InChI is InChI=1S/C26H24ClFN4O/c1-16-12-24(32(30-16)22-10-7-18-13-21(27)9-6-19(18)14-22)25(33)11-8-17-4-5-20(15-23(17)28)26(29)31(2)3/h4-7,9-10,12-15,29H,8,11H2,1-3H3. The highest BCUT2D eigenvalue weighted by Gasteiger charge is 2.17. The first kappa shape index (κ1) is 22.7. The minimum atomic E-state index is -0.412. The molecule has 1 heterocycles. The topological polar surface area (TPSA) is 62.0 Å². The zero-order valence-corrected chi connectivity index (χ0v) is 19.4. The lowest BCUT2D eigenvalue weighted by Gasteiger charge is -2.14. The summed E-state index contributed by atoms with van der Waals surface area (Å²) in [7, 11) is 3.48. The summed E-state index contributed by atoms with van der Waals surface area (Å²) in [6.07, 6.45) is 0.413. The van der Waals surface area contributed by atoms with Crippen LogP contribution in [0.3, 0.4) is 0 Å². The van der Waals surface area contributed by atoms with Crippen LogP contribution in [0.2, 0.25) is 5.02 Å². The van der Waals surface area contributed by atoms with E-state index in [1.165, 1.54) is 6.07 Å². The predicted octanol–water partition coefficient (Wildman–Crippen LogP) is 5.83. The van der Waals surface area contributed by atoms with Gasteiger partial charge in [-0.3, -0.25) is 10.2 Å². The van der Waals surface area contributed by atoms with Crippen molar-refractivity contribution in [1.82, 2.24) is 14.7 Å². The van der Waals surface area contributed by atoms with Gasteiger partial charge >= 0.3 is 0 Å². The number of nitrogens with one attached hydrogen (secondary N) is 1. The molecule has 4 aromatic rings. The van der Waals surface area contributed by atoms with Gasteiger partial charge in [-0.2, -0.15) is 5.10 Å². The van der Waals surface area contributed by atoms with E-state index in [0.717, 1.165) is 22.2 Å². The fourth-order valence-corrected chi connectivity index (χ4v) is 3.94. The molecule has 1 aromatic heterocycles. The lowest BCUT2D eigenvalue weighted by Crippen LogP contribution is -2.21. The molecule has 0 unspecified atom stereocenters. The third-order valence-corrected chi connectivity index (χ3v) is 5.78. The Balaban J connectivity index is 1.56. The van der Waals surface area contributed by atoms with Crippen molar-refractivity contribution < 1.29 is 9.18 Å². The Morgan fingerprint density at radius 1 is 1.06 bits per heavy atom. The zero-order valence-electron chi connectivity index (χ0n) is 18.7. The minimum Gasteiger partial charge on any atom is -0.363 e. The molecule has 0 aliphatic carbocycles. The summed E-state index contributed by atoms with van der Waals surface area (Å²) < 4.78 is 16.2. The minimum absolute atomic E-state index is 0.115. The lowest BCUT2D eigenvalue weighted by molar-refractivity contribution is 0.0975. The van der Waals surface area contributed by atoms with Crippen LogP contribution in [0.25, 0.3) is 16.5 Å². The van der Waals surface area contributed by atoms with Crippen LogP contribution in [0.5, 0.6) is 0 Å². The van der Waals surface area contributed by atoms with Gasteiger partial charge in [0.2, 0.25) is 0 Å². The van der Waals surface area contributed by atoms with E-state index in [4.69, 9.17) is 17.0 Å². The second-order valence-corrected chi connectivity index (χ2v) is 8.67. The molecule has 33 heavy (non-hydrogen) atoms. The smallest absolute Gasteiger partial charge is 0.181 e. The summed E-state index contributed by atoms with van der Waals surface area (Å²) in [5.41, 5.74) is 2.92. The number of aromatic nitrogens is 2. The first-order valence-corrected chi connectivity index (χ1v) is 10.9. The third kappa shape index (κ3) is 4.81. The summed E-state index contributed by atoms with van der Waals surface area (Å²) in [4.78, 5) is 14.7. The van der Waals surface area contributed by atoms with Gasteiger partial charge < -0.3 is 4.90 Å². The number of nitrogens with zero attached hydrogens (tertiary/aromatic N) is 3. The van der Waals surface area contributed by atoms with Crippen molar-refractivity contribution in [3.63, 3.8) is 0 Å². The fraction of sp³-hybridized carbons (Fsp3) is 0.192. The molecule has 3 aromatic carbocycles. The van der Waals surface area contributed by atoms with Crippen molar-refractivity contribution in [2.75, 3.05) is 14.1 Å². The third-order valence-electron chi connectivity index (χ3n) is 5.54. The largest absolute Gasteiger partial charge is 0.363 e. The second kappa shape index (κ2) is 9.16. The van der Waals surface area contributed by atoms with Gasteiger partial charge in [-0.05, 0) is 66.1 Å². The summed E-state index contributed by atoms with van der Waals surface area (Å²) in [6.45, 7) is 1.84. The van der Waals surface area contributed by atoms with E-state index in [1.54, 1.807) is 41.9 Å². The Morgan fingerprint density at radius 3 is 2.52 bits per heavy atom. The number of aryl methyl sites for hydroxylation is 2. The van der Waals surface area contributed by atoms with Gasteiger partial charge in [-0.1, -0.05) is 35.9 Å². The summed E-state index contributed by atoms with van der Waals surface area (Å²) >= 11 is 6.08. The first-order valence-electron chi connectivity index (χ1n) is 10.6. The molecule has 5 nitrogen and oxygen atoms in total. The van der Waals surface area contributed by atoms with Gasteiger partial charge in [0.25, 0.3) is 0 Å². The molecule has 0 spiro atoms. The van der Waals surface area contributed by atoms with Crippen molar-refractivity contribution in [1.29, 1.82) is 5.41 Å². The zero-order chi connectivity index (χ0) is 23.7. The Bertz CT molecular complexity index is 1380. The highest BCUT2D eigenvalue weighted by atomic mass is 35.5. The van der Waals surface area contributed by atoms with Crippen LogP contribution in [0, 0.1) is 18.2 Å². The molecule has 0 atom stereocenters. The summed E-state index contributed by atoms with van der Waals surface area (Å²) in [5.74, 6) is -0.297. The number of amidine groups is 1. The molecular formula is C26H24ClFN4O. The van der Waals surface area contributed by atoms with Crippen LogP contribution >= 0.6 is 11.6 Å². The van der Waals surface area contributed by atoms with Crippen molar-refractivity contribution in [2.45, 2.75) is 19.8 Å². The Labute approximate surface area is 196 Å². The molecule has 7 heteroatoms. The van der Waals surface area contributed by atoms with Gasteiger partial charge in [0, 0.05) is 31.1 Å². The maximum atomic E-state index is 14.6.